The summed E-state index contributed by atoms with van der Waals surface area (Å²) < 4.78 is 27.9. The highest BCUT2D eigenvalue weighted by molar-refractivity contribution is 7.47. The normalized spacial score (nSPS) is 14.5. The number of phosphoric ester groups is 1. The van der Waals surface area contributed by atoms with E-state index in [-0.39, 0.29) is 26.4 Å². The van der Waals surface area contributed by atoms with Gasteiger partial charge in [0, 0.05) is 6.61 Å². The smallest absolute Gasteiger partial charge is 0.394 e. The van der Waals surface area contributed by atoms with E-state index in [2.05, 4.69) is 0 Å². The number of unbranched alkanes of at least 4 members (excludes halogenated alkanes) is 19. The van der Waals surface area contributed by atoms with Crippen LogP contribution in [0.3, 0.4) is 0 Å². The molecule has 0 aromatic rings. The maximum absolute atomic E-state index is 11.8. The van der Waals surface area contributed by atoms with E-state index >= 15 is 0 Å². The molecule has 0 aliphatic rings. The highest BCUT2D eigenvalue weighted by atomic mass is 31.2. The van der Waals surface area contributed by atoms with Gasteiger partial charge in [0.1, 0.15) is 19.3 Å². The van der Waals surface area contributed by atoms with Gasteiger partial charge in [0.05, 0.1) is 41.0 Å². The zero-order valence-corrected chi connectivity index (χ0v) is 26.7. The number of aliphatic hydroxyl groups excluding tert-OH is 2. The monoisotopic (exact) mass is 582 g/mol. The Morgan fingerprint density at radius 1 is 0.590 bits per heavy atom. The molecule has 3 N–H and O–H groups in total. The molecule has 9 heteroatoms. The summed E-state index contributed by atoms with van der Waals surface area (Å²) in [6, 6.07) is 0. The lowest BCUT2D eigenvalue weighted by molar-refractivity contribution is -0.870. The van der Waals surface area contributed by atoms with E-state index in [1.165, 1.54) is 103 Å². The summed E-state index contributed by atoms with van der Waals surface area (Å²) in [7, 11) is 2.14. The fourth-order valence-electron chi connectivity index (χ4n) is 4.41. The average molecular weight is 583 g/mol. The van der Waals surface area contributed by atoms with Gasteiger partial charge in [0.25, 0.3) is 0 Å². The number of phosphoric acid groups is 1. The van der Waals surface area contributed by atoms with E-state index in [1.807, 2.05) is 21.1 Å². The van der Waals surface area contributed by atoms with Crippen molar-refractivity contribution in [3.8, 4) is 0 Å². The van der Waals surface area contributed by atoms with Crippen molar-refractivity contribution in [3.63, 3.8) is 0 Å². The van der Waals surface area contributed by atoms with Crippen LogP contribution in [0.2, 0.25) is 0 Å². The summed E-state index contributed by atoms with van der Waals surface area (Å²) in [5.74, 6) is 0. The Labute approximate surface area is 241 Å². The van der Waals surface area contributed by atoms with Crippen LogP contribution in [-0.4, -0.2) is 86.4 Å². The minimum absolute atomic E-state index is 0.221. The van der Waals surface area contributed by atoms with Crippen LogP contribution >= 0.6 is 7.82 Å². The molecule has 0 spiro atoms. The highest BCUT2D eigenvalue weighted by Crippen LogP contribution is 2.43. The van der Waals surface area contributed by atoms with Crippen LogP contribution in [0.4, 0.5) is 0 Å². The van der Waals surface area contributed by atoms with E-state index in [4.69, 9.17) is 18.9 Å². The molecule has 0 saturated carbocycles. The summed E-state index contributed by atoms with van der Waals surface area (Å²) in [5.41, 5.74) is 0. The van der Waals surface area contributed by atoms with Crippen LogP contribution in [-0.2, 0) is 18.3 Å². The van der Waals surface area contributed by atoms with Gasteiger partial charge in [0.2, 0.25) is 0 Å². The predicted molar refractivity (Wildman–Crippen MR) is 161 cm³/mol. The lowest BCUT2D eigenvalue weighted by Crippen LogP contribution is -2.37. The summed E-state index contributed by atoms with van der Waals surface area (Å²) in [4.78, 5) is 9.70. The first-order chi connectivity index (χ1) is 18.7. The lowest BCUT2D eigenvalue weighted by Gasteiger charge is -2.24. The Kier molecular flexibility index (Phi) is 26.8. The van der Waals surface area contributed by atoms with Crippen LogP contribution in [0.1, 0.15) is 128 Å². The van der Waals surface area contributed by atoms with Gasteiger partial charge in [-0.25, -0.2) is 4.57 Å². The van der Waals surface area contributed by atoms with E-state index in [9.17, 15) is 14.6 Å². The third-order valence-corrected chi connectivity index (χ3v) is 7.99. The number of nitrogens with zero attached hydrogens (tertiary/aromatic N) is 1. The SMILES string of the molecule is C[N+](C)(C)CCOP(=O)(O)OCCCCCCCCCCCCCCCCCCCCCCOC[C@@H](O)CO. The van der Waals surface area contributed by atoms with Gasteiger partial charge >= 0.3 is 7.82 Å². The van der Waals surface area contributed by atoms with Gasteiger partial charge in [0.15, 0.2) is 0 Å². The number of likely N-dealkylation sites (N-methyl/N-ethyl adjacent to an activating group) is 1. The molecule has 39 heavy (non-hydrogen) atoms. The molecule has 0 aliphatic heterocycles. The maximum atomic E-state index is 11.8. The molecule has 0 heterocycles. The quantitative estimate of drug-likeness (QED) is 0.0459. The van der Waals surface area contributed by atoms with Crippen molar-refractivity contribution in [1.82, 2.24) is 0 Å². The van der Waals surface area contributed by atoms with Gasteiger partial charge in [-0.15, -0.1) is 0 Å². The van der Waals surface area contributed by atoms with Crippen molar-refractivity contribution in [2.45, 2.75) is 135 Å². The molecule has 0 rings (SSSR count). The Morgan fingerprint density at radius 2 is 0.923 bits per heavy atom. The minimum atomic E-state index is -3.90. The molecule has 0 radical (unpaired) electrons. The summed E-state index contributed by atoms with van der Waals surface area (Å²) in [6.45, 7) is 1.87. The second-order valence-electron chi connectivity index (χ2n) is 12.1. The largest absolute Gasteiger partial charge is 0.472 e. The van der Waals surface area contributed by atoms with E-state index in [1.54, 1.807) is 0 Å². The minimum Gasteiger partial charge on any atom is -0.394 e. The topological polar surface area (TPSA) is 105 Å². The van der Waals surface area contributed by atoms with E-state index in [0.717, 1.165) is 25.7 Å². The molecular weight excluding hydrogens is 517 g/mol. The molecule has 0 saturated heterocycles. The number of quaternary nitrogens is 1. The van der Waals surface area contributed by atoms with Crippen LogP contribution < -0.4 is 0 Å². The lowest BCUT2D eigenvalue weighted by atomic mass is 10.0. The molecule has 0 bridgehead atoms. The van der Waals surface area contributed by atoms with Crippen molar-refractivity contribution in [2.75, 3.05) is 60.7 Å². The van der Waals surface area contributed by atoms with Crippen LogP contribution in [0.25, 0.3) is 0 Å². The first-order valence-electron chi connectivity index (χ1n) is 16.0. The number of hydrogen-bond acceptors (Lipinski definition) is 6. The van der Waals surface area contributed by atoms with Crippen molar-refractivity contribution in [3.05, 3.63) is 0 Å². The number of ether oxygens (including phenoxy) is 1. The third-order valence-electron chi connectivity index (χ3n) is 6.97. The van der Waals surface area contributed by atoms with E-state index < -0.39 is 13.9 Å². The predicted octanol–water partition coefficient (Wildman–Crippen LogP) is 7.00. The van der Waals surface area contributed by atoms with Gasteiger partial charge < -0.3 is 24.3 Å². The highest BCUT2D eigenvalue weighted by Gasteiger charge is 2.21. The van der Waals surface area contributed by atoms with Crippen molar-refractivity contribution < 1.29 is 37.9 Å². The van der Waals surface area contributed by atoms with Crippen molar-refractivity contribution in [2.24, 2.45) is 0 Å². The van der Waals surface area contributed by atoms with Crippen LogP contribution in [0.15, 0.2) is 0 Å². The summed E-state index contributed by atoms with van der Waals surface area (Å²) in [5, 5.41) is 17.9. The zero-order chi connectivity index (χ0) is 29.1. The Morgan fingerprint density at radius 3 is 1.28 bits per heavy atom. The Bertz CT molecular complexity index is 560. The molecular formula is C30H65NO7P+. The standard InChI is InChI=1S/C30H64NO7P/c1-31(2,3)24-27-38-39(34,35)37-26-23-21-19-17-15-13-11-9-7-5-4-6-8-10-12-14-16-18-20-22-25-36-29-30(33)28-32/h30,32-33H,4-29H2,1-3H3/p+1/t30-/m0/s1. The molecule has 0 fully saturated rings. The second kappa shape index (κ2) is 26.8. The van der Waals surface area contributed by atoms with Gasteiger partial charge in [-0.1, -0.05) is 116 Å². The first kappa shape index (κ1) is 39.0. The zero-order valence-electron chi connectivity index (χ0n) is 25.8. The molecule has 236 valence electrons. The third kappa shape index (κ3) is 32.3. The second-order valence-corrected chi connectivity index (χ2v) is 13.6. The molecule has 0 aromatic carbocycles. The number of hydrogen-bond donors (Lipinski definition) is 3. The molecule has 0 amide bonds. The fraction of sp³-hybridized carbons (Fsp3) is 1.00. The van der Waals surface area contributed by atoms with Crippen molar-refractivity contribution >= 4 is 7.82 Å². The number of rotatable bonds is 31. The summed E-state index contributed by atoms with van der Waals surface area (Å²) >= 11 is 0. The van der Waals surface area contributed by atoms with Crippen molar-refractivity contribution in [1.29, 1.82) is 0 Å². The van der Waals surface area contributed by atoms with Gasteiger partial charge in [-0.05, 0) is 12.8 Å². The van der Waals surface area contributed by atoms with Crippen LogP contribution in [0.5, 0.6) is 0 Å². The summed E-state index contributed by atoms with van der Waals surface area (Å²) in [6.07, 6.45) is 24.6. The Balaban J connectivity index is 3.20. The van der Waals surface area contributed by atoms with Crippen LogP contribution in [0, 0.1) is 0 Å². The maximum Gasteiger partial charge on any atom is 0.472 e. The molecule has 0 aliphatic carbocycles. The van der Waals surface area contributed by atoms with Gasteiger partial charge in [-0.3, -0.25) is 9.05 Å². The van der Waals surface area contributed by atoms with E-state index in [0.29, 0.717) is 17.6 Å². The molecule has 0 aromatic heterocycles. The first-order valence-corrected chi connectivity index (χ1v) is 17.4. The molecule has 2 atom stereocenters. The van der Waals surface area contributed by atoms with Gasteiger partial charge in [-0.2, -0.15) is 0 Å². The number of aliphatic hydroxyl groups is 2. The average Bonchev–Trinajstić information content (AvgIpc) is 2.87. The molecule has 1 unspecified atom stereocenters. The Hall–Kier alpha value is -0.0500. The fourth-order valence-corrected chi connectivity index (χ4v) is 5.15. The molecule has 8 nitrogen and oxygen atoms in total.